The highest BCUT2D eigenvalue weighted by Crippen LogP contribution is 2.19. The highest BCUT2D eigenvalue weighted by molar-refractivity contribution is 7.07. The SMILES string of the molecule is CC(C)COc1ccc(C(C)NCc2ccsc2)cc1. The Morgan fingerprint density at radius 1 is 1.10 bits per heavy atom. The van der Waals surface area contributed by atoms with E-state index in [-0.39, 0.29) is 0 Å². The van der Waals surface area contributed by atoms with Crippen molar-refractivity contribution in [3.63, 3.8) is 0 Å². The first-order valence-corrected chi connectivity index (χ1v) is 8.06. The van der Waals surface area contributed by atoms with Crippen LogP contribution in [0.3, 0.4) is 0 Å². The first-order chi connectivity index (χ1) is 9.65. The second-order valence-corrected chi connectivity index (χ2v) is 6.29. The third-order valence-electron chi connectivity index (χ3n) is 3.16. The molecule has 2 rings (SSSR count). The maximum atomic E-state index is 5.70. The molecule has 0 aliphatic carbocycles. The standard InChI is InChI=1S/C17H23NOS/c1-13(2)11-19-17-6-4-16(5-7-17)14(3)18-10-15-8-9-20-12-15/h4-9,12-14,18H,10-11H2,1-3H3. The molecule has 0 spiro atoms. The molecular weight excluding hydrogens is 266 g/mol. The van der Waals surface area contributed by atoms with Crippen molar-refractivity contribution in [3.8, 4) is 5.75 Å². The van der Waals surface area contributed by atoms with Crippen LogP contribution in [0.25, 0.3) is 0 Å². The van der Waals surface area contributed by atoms with Crippen LogP contribution in [0.2, 0.25) is 0 Å². The molecule has 0 bridgehead atoms. The molecule has 20 heavy (non-hydrogen) atoms. The van der Waals surface area contributed by atoms with Crippen molar-refractivity contribution >= 4 is 11.3 Å². The zero-order chi connectivity index (χ0) is 14.4. The van der Waals surface area contributed by atoms with Crippen molar-refractivity contribution in [2.45, 2.75) is 33.4 Å². The van der Waals surface area contributed by atoms with E-state index in [0.29, 0.717) is 12.0 Å². The fourth-order valence-electron chi connectivity index (χ4n) is 1.90. The average molecular weight is 289 g/mol. The molecule has 0 aliphatic heterocycles. The lowest BCUT2D eigenvalue weighted by Crippen LogP contribution is -2.17. The predicted molar refractivity (Wildman–Crippen MR) is 86.3 cm³/mol. The Bertz CT molecular complexity index is 490. The van der Waals surface area contributed by atoms with Crippen molar-refractivity contribution in [1.82, 2.24) is 5.32 Å². The molecule has 1 aromatic carbocycles. The van der Waals surface area contributed by atoms with Gasteiger partial charge in [0.15, 0.2) is 0 Å². The molecule has 0 saturated carbocycles. The minimum absolute atomic E-state index is 0.342. The maximum Gasteiger partial charge on any atom is 0.119 e. The van der Waals surface area contributed by atoms with Gasteiger partial charge in [-0.2, -0.15) is 11.3 Å². The van der Waals surface area contributed by atoms with E-state index in [1.807, 2.05) is 0 Å². The van der Waals surface area contributed by atoms with E-state index >= 15 is 0 Å². The fourth-order valence-corrected chi connectivity index (χ4v) is 2.57. The number of ether oxygens (including phenoxy) is 1. The molecule has 0 aliphatic rings. The van der Waals surface area contributed by atoms with E-state index in [9.17, 15) is 0 Å². The molecule has 1 atom stereocenters. The number of nitrogens with one attached hydrogen (secondary N) is 1. The Morgan fingerprint density at radius 2 is 1.85 bits per heavy atom. The van der Waals surface area contributed by atoms with Gasteiger partial charge in [0.05, 0.1) is 6.61 Å². The summed E-state index contributed by atoms with van der Waals surface area (Å²) in [4.78, 5) is 0. The zero-order valence-electron chi connectivity index (χ0n) is 12.4. The van der Waals surface area contributed by atoms with Crippen LogP contribution in [-0.4, -0.2) is 6.61 Å². The van der Waals surface area contributed by atoms with Gasteiger partial charge in [-0.1, -0.05) is 26.0 Å². The number of hydrogen-bond acceptors (Lipinski definition) is 3. The second-order valence-electron chi connectivity index (χ2n) is 5.51. The van der Waals surface area contributed by atoms with Crippen molar-refractivity contribution < 1.29 is 4.74 Å². The summed E-state index contributed by atoms with van der Waals surface area (Å²) in [6.07, 6.45) is 0. The van der Waals surface area contributed by atoms with Crippen LogP contribution < -0.4 is 10.1 Å². The van der Waals surface area contributed by atoms with Gasteiger partial charge in [-0.25, -0.2) is 0 Å². The molecule has 0 radical (unpaired) electrons. The first-order valence-electron chi connectivity index (χ1n) is 7.12. The Morgan fingerprint density at radius 3 is 2.45 bits per heavy atom. The Labute approximate surface area is 125 Å². The summed E-state index contributed by atoms with van der Waals surface area (Å²) >= 11 is 1.74. The minimum Gasteiger partial charge on any atom is -0.493 e. The van der Waals surface area contributed by atoms with Gasteiger partial charge in [-0.15, -0.1) is 0 Å². The van der Waals surface area contributed by atoms with Crippen LogP contribution >= 0.6 is 11.3 Å². The van der Waals surface area contributed by atoms with Crippen LogP contribution in [0, 0.1) is 5.92 Å². The first kappa shape index (κ1) is 15.1. The molecule has 0 saturated heterocycles. The van der Waals surface area contributed by atoms with Gasteiger partial charge in [0.25, 0.3) is 0 Å². The molecule has 2 nitrogen and oxygen atoms in total. The van der Waals surface area contributed by atoms with Gasteiger partial charge in [0, 0.05) is 12.6 Å². The molecule has 1 unspecified atom stereocenters. The van der Waals surface area contributed by atoms with Crippen LogP contribution in [-0.2, 0) is 6.54 Å². The smallest absolute Gasteiger partial charge is 0.119 e. The van der Waals surface area contributed by atoms with E-state index in [0.717, 1.165) is 18.9 Å². The highest BCUT2D eigenvalue weighted by Gasteiger charge is 2.05. The zero-order valence-corrected chi connectivity index (χ0v) is 13.2. The fraction of sp³-hybridized carbons (Fsp3) is 0.412. The van der Waals surface area contributed by atoms with Gasteiger partial charge < -0.3 is 10.1 Å². The molecule has 1 N–H and O–H groups in total. The molecule has 2 aromatic rings. The normalized spacial score (nSPS) is 12.6. The summed E-state index contributed by atoms with van der Waals surface area (Å²) in [5.41, 5.74) is 2.64. The Hall–Kier alpha value is -1.32. The van der Waals surface area contributed by atoms with Gasteiger partial charge in [-0.05, 0) is 52.9 Å². The number of thiophene rings is 1. The molecular formula is C17H23NOS. The van der Waals surface area contributed by atoms with Gasteiger partial charge in [0.2, 0.25) is 0 Å². The summed E-state index contributed by atoms with van der Waals surface area (Å²) in [5.74, 6) is 1.51. The molecule has 108 valence electrons. The quantitative estimate of drug-likeness (QED) is 0.802. The molecule has 3 heteroatoms. The minimum atomic E-state index is 0.342. The largest absolute Gasteiger partial charge is 0.493 e. The van der Waals surface area contributed by atoms with E-state index in [2.05, 4.69) is 67.2 Å². The van der Waals surface area contributed by atoms with Gasteiger partial charge in [0.1, 0.15) is 5.75 Å². The van der Waals surface area contributed by atoms with Crippen molar-refractivity contribution in [3.05, 3.63) is 52.2 Å². The Balaban J connectivity index is 1.85. The molecule has 0 fully saturated rings. The van der Waals surface area contributed by atoms with E-state index in [4.69, 9.17) is 4.74 Å². The maximum absolute atomic E-state index is 5.70. The van der Waals surface area contributed by atoms with E-state index in [1.54, 1.807) is 11.3 Å². The van der Waals surface area contributed by atoms with E-state index in [1.165, 1.54) is 11.1 Å². The van der Waals surface area contributed by atoms with Crippen LogP contribution in [0.1, 0.15) is 37.9 Å². The lowest BCUT2D eigenvalue weighted by Gasteiger charge is -2.15. The second kappa shape index (κ2) is 7.46. The average Bonchev–Trinajstić information content (AvgIpc) is 2.96. The van der Waals surface area contributed by atoms with Crippen molar-refractivity contribution in [1.29, 1.82) is 0 Å². The van der Waals surface area contributed by atoms with Gasteiger partial charge in [-0.3, -0.25) is 0 Å². The van der Waals surface area contributed by atoms with Crippen LogP contribution in [0.15, 0.2) is 41.1 Å². The summed E-state index contributed by atoms with van der Waals surface area (Å²) in [5, 5.41) is 7.83. The predicted octanol–water partition coefficient (Wildman–Crippen LogP) is 4.63. The third-order valence-corrected chi connectivity index (χ3v) is 3.89. The third kappa shape index (κ3) is 4.66. The molecule has 0 amide bonds. The number of benzene rings is 1. The summed E-state index contributed by atoms with van der Waals surface area (Å²) in [6, 6.07) is 10.9. The lowest BCUT2D eigenvalue weighted by molar-refractivity contribution is 0.271. The topological polar surface area (TPSA) is 21.3 Å². The number of rotatable bonds is 7. The number of hydrogen-bond donors (Lipinski definition) is 1. The summed E-state index contributed by atoms with van der Waals surface area (Å²) in [6.45, 7) is 8.19. The van der Waals surface area contributed by atoms with Crippen molar-refractivity contribution in [2.75, 3.05) is 6.61 Å². The highest BCUT2D eigenvalue weighted by atomic mass is 32.1. The summed E-state index contributed by atoms with van der Waals surface area (Å²) < 4.78 is 5.70. The Kier molecular flexibility index (Phi) is 5.62. The van der Waals surface area contributed by atoms with E-state index < -0.39 is 0 Å². The van der Waals surface area contributed by atoms with Gasteiger partial charge >= 0.3 is 0 Å². The molecule has 1 heterocycles. The van der Waals surface area contributed by atoms with Crippen molar-refractivity contribution in [2.24, 2.45) is 5.92 Å². The lowest BCUT2D eigenvalue weighted by atomic mass is 10.1. The summed E-state index contributed by atoms with van der Waals surface area (Å²) in [7, 11) is 0. The monoisotopic (exact) mass is 289 g/mol. The van der Waals surface area contributed by atoms with Crippen LogP contribution in [0.4, 0.5) is 0 Å². The molecule has 1 aromatic heterocycles. The van der Waals surface area contributed by atoms with Crippen LogP contribution in [0.5, 0.6) is 5.75 Å².